The molecule has 4 heteroatoms. The van der Waals surface area contributed by atoms with Crippen LogP contribution in [0.3, 0.4) is 0 Å². The molecule has 0 atom stereocenters. The van der Waals surface area contributed by atoms with Crippen LogP contribution in [0.1, 0.15) is 52.3 Å². The molecule has 1 aliphatic heterocycles. The van der Waals surface area contributed by atoms with Gasteiger partial charge in [0.2, 0.25) is 0 Å². The standard InChI is InChI=1S/C15H26N4/c1-15(2,3)14-17-12(16-4)11-13(18-14)19-9-7-5-6-8-10-19/h11H,5-10H2,1-4H3,(H,16,17,18). The highest BCUT2D eigenvalue weighted by Crippen LogP contribution is 2.25. The van der Waals surface area contributed by atoms with E-state index in [2.05, 4.69) is 42.0 Å². The van der Waals surface area contributed by atoms with Crippen LogP contribution in [0, 0.1) is 0 Å². The monoisotopic (exact) mass is 262 g/mol. The fourth-order valence-electron chi connectivity index (χ4n) is 2.36. The molecular weight excluding hydrogens is 236 g/mol. The maximum absolute atomic E-state index is 4.79. The summed E-state index contributed by atoms with van der Waals surface area (Å²) in [6, 6.07) is 2.07. The quantitative estimate of drug-likeness (QED) is 0.888. The molecule has 0 spiro atoms. The molecule has 106 valence electrons. The average Bonchev–Trinajstić information content (AvgIpc) is 2.66. The summed E-state index contributed by atoms with van der Waals surface area (Å²) in [6.07, 6.45) is 5.21. The molecule has 2 rings (SSSR count). The number of hydrogen-bond donors (Lipinski definition) is 1. The third kappa shape index (κ3) is 3.58. The van der Waals surface area contributed by atoms with Gasteiger partial charge in [-0.2, -0.15) is 0 Å². The number of anilines is 2. The minimum atomic E-state index is -0.0204. The Bertz CT molecular complexity index is 415. The molecule has 0 amide bonds. The van der Waals surface area contributed by atoms with E-state index >= 15 is 0 Å². The zero-order chi connectivity index (χ0) is 13.9. The van der Waals surface area contributed by atoms with E-state index < -0.39 is 0 Å². The summed E-state index contributed by atoms with van der Waals surface area (Å²) in [4.78, 5) is 11.8. The normalized spacial score (nSPS) is 17.2. The van der Waals surface area contributed by atoms with E-state index in [1.165, 1.54) is 25.7 Å². The minimum absolute atomic E-state index is 0.0204. The molecule has 4 nitrogen and oxygen atoms in total. The van der Waals surface area contributed by atoms with Gasteiger partial charge in [0.1, 0.15) is 17.5 Å². The van der Waals surface area contributed by atoms with Gasteiger partial charge in [-0.25, -0.2) is 9.97 Å². The molecular formula is C15H26N4. The van der Waals surface area contributed by atoms with Gasteiger partial charge >= 0.3 is 0 Å². The summed E-state index contributed by atoms with van der Waals surface area (Å²) >= 11 is 0. The Balaban J connectivity index is 2.33. The van der Waals surface area contributed by atoms with E-state index in [0.29, 0.717) is 0 Å². The predicted octanol–water partition coefficient (Wildman–Crippen LogP) is 3.20. The average molecular weight is 262 g/mol. The Morgan fingerprint density at radius 3 is 2.21 bits per heavy atom. The molecule has 1 N–H and O–H groups in total. The molecule has 0 aliphatic carbocycles. The van der Waals surface area contributed by atoms with Crippen molar-refractivity contribution in [2.24, 2.45) is 0 Å². The lowest BCUT2D eigenvalue weighted by molar-refractivity contribution is 0.544. The van der Waals surface area contributed by atoms with Crippen LogP contribution in [0.4, 0.5) is 11.6 Å². The first-order valence-electron chi connectivity index (χ1n) is 7.33. The van der Waals surface area contributed by atoms with Crippen LogP contribution in [-0.2, 0) is 5.41 Å². The lowest BCUT2D eigenvalue weighted by Gasteiger charge is -2.25. The van der Waals surface area contributed by atoms with E-state index in [-0.39, 0.29) is 5.41 Å². The molecule has 1 aromatic rings. The van der Waals surface area contributed by atoms with Crippen LogP contribution in [0.2, 0.25) is 0 Å². The van der Waals surface area contributed by atoms with Crippen molar-refractivity contribution in [3.8, 4) is 0 Å². The van der Waals surface area contributed by atoms with Crippen molar-refractivity contribution < 1.29 is 0 Å². The molecule has 0 bridgehead atoms. The topological polar surface area (TPSA) is 41.0 Å². The van der Waals surface area contributed by atoms with Gasteiger partial charge < -0.3 is 10.2 Å². The molecule has 1 fully saturated rings. The van der Waals surface area contributed by atoms with E-state index in [0.717, 1.165) is 30.5 Å². The molecule has 2 heterocycles. The highest BCUT2D eigenvalue weighted by Gasteiger charge is 2.21. The van der Waals surface area contributed by atoms with Crippen molar-refractivity contribution >= 4 is 11.6 Å². The van der Waals surface area contributed by atoms with Gasteiger partial charge in [0, 0.05) is 31.6 Å². The number of nitrogens with one attached hydrogen (secondary N) is 1. The van der Waals surface area contributed by atoms with E-state index in [9.17, 15) is 0 Å². The third-order valence-corrected chi connectivity index (χ3v) is 3.57. The number of nitrogens with zero attached hydrogens (tertiary/aromatic N) is 3. The molecule has 0 unspecified atom stereocenters. The van der Waals surface area contributed by atoms with Gasteiger partial charge in [0.05, 0.1) is 0 Å². The first-order valence-corrected chi connectivity index (χ1v) is 7.33. The van der Waals surface area contributed by atoms with Gasteiger partial charge in [-0.3, -0.25) is 0 Å². The van der Waals surface area contributed by atoms with E-state index in [4.69, 9.17) is 4.98 Å². The second-order valence-corrected chi connectivity index (χ2v) is 6.34. The van der Waals surface area contributed by atoms with Crippen LogP contribution in [0.25, 0.3) is 0 Å². The maximum atomic E-state index is 4.79. The summed E-state index contributed by atoms with van der Waals surface area (Å²) < 4.78 is 0. The second-order valence-electron chi connectivity index (χ2n) is 6.34. The Hall–Kier alpha value is -1.32. The van der Waals surface area contributed by atoms with Crippen molar-refractivity contribution in [1.82, 2.24) is 9.97 Å². The highest BCUT2D eigenvalue weighted by atomic mass is 15.2. The van der Waals surface area contributed by atoms with Crippen LogP contribution in [0.5, 0.6) is 0 Å². The predicted molar refractivity (Wildman–Crippen MR) is 81.0 cm³/mol. The first-order chi connectivity index (χ1) is 9.00. The summed E-state index contributed by atoms with van der Waals surface area (Å²) in [5, 5.41) is 3.16. The third-order valence-electron chi connectivity index (χ3n) is 3.57. The van der Waals surface area contributed by atoms with Crippen LogP contribution >= 0.6 is 0 Å². The van der Waals surface area contributed by atoms with Crippen LogP contribution in [-0.4, -0.2) is 30.1 Å². The van der Waals surface area contributed by atoms with Gasteiger partial charge in [-0.05, 0) is 12.8 Å². The summed E-state index contributed by atoms with van der Waals surface area (Å²) in [6.45, 7) is 8.71. The largest absolute Gasteiger partial charge is 0.373 e. The van der Waals surface area contributed by atoms with Gasteiger partial charge in [-0.15, -0.1) is 0 Å². The van der Waals surface area contributed by atoms with Gasteiger partial charge in [0.15, 0.2) is 0 Å². The van der Waals surface area contributed by atoms with Gasteiger partial charge in [-0.1, -0.05) is 33.6 Å². The fraction of sp³-hybridized carbons (Fsp3) is 0.733. The lowest BCUT2D eigenvalue weighted by Crippen LogP contribution is -2.27. The first kappa shape index (κ1) is 14.1. The smallest absolute Gasteiger partial charge is 0.138 e. The van der Waals surface area contributed by atoms with Crippen LogP contribution < -0.4 is 10.2 Å². The molecule has 0 aromatic carbocycles. The minimum Gasteiger partial charge on any atom is -0.373 e. The zero-order valence-electron chi connectivity index (χ0n) is 12.7. The molecule has 19 heavy (non-hydrogen) atoms. The molecule has 0 saturated carbocycles. The lowest BCUT2D eigenvalue weighted by atomic mass is 9.96. The Morgan fingerprint density at radius 2 is 1.68 bits per heavy atom. The van der Waals surface area contributed by atoms with Crippen molar-refractivity contribution in [2.45, 2.75) is 51.9 Å². The highest BCUT2D eigenvalue weighted by molar-refractivity contribution is 5.49. The van der Waals surface area contributed by atoms with E-state index in [1.807, 2.05) is 7.05 Å². The SMILES string of the molecule is CNc1cc(N2CCCCCC2)nc(C(C)(C)C)n1. The Kier molecular flexibility index (Phi) is 4.27. The number of aromatic nitrogens is 2. The van der Waals surface area contributed by atoms with E-state index in [1.54, 1.807) is 0 Å². The zero-order valence-corrected chi connectivity index (χ0v) is 12.7. The van der Waals surface area contributed by atoms with Crippen molar-refractivity contribution in [2.75, 3.05) is 30.4 Å². The molecule has 1 aromatic heterocycles. The Morgan fingerprint density at radius 1 is 1.05 bits per heavy atom. The molecule has 1 saturated heterocycles. The summed E-state index contributed by atoms with van der Waals surface area (Å²) in [5.41, 5.74) is -0.0204. The summed E-state index contributed by atoms with van der Waals surface area (Å²) in [5.74, 6) is 2.91. The number of hydrogen-bond acceptors (Lipinski definition) is 4. The molecule has 0 radical (unpaired) electrons. The van der Waals surface area contributed by atoms with Gasteiger partial charge in [0.25, 0.3) is 0 Å². The van der Waals surface area contributed by atoms with Crippen LogP contribution in [0.15, 0.2) is 6.07 Å². The molecule has 1 aliphatic rings. The Labute approximate surface area is 116 Å². The summed E-state index contributed by atoms with van der Waals surface area (Å²) in [7, 11) is 1.92. The van der Waals surface area contributed by atoms with Crippen molar-refractivity contribution in [3.05, 3.63) is 11.9 Å². The number of rotatable bonds is 2. The maximum Gasteiger partial charge on any atom is 0.138 e. The fourth-order valence-corrected chi connectivity index (χ4v) is 2.36. The van der Waals surface area contributed by atoms with Crippen molar-refractivity contribution in [1.29, 1.82) is 0 Å². The van der Waals surface area contributed by atoms with Crippen molar-refractivity contribution in [3.63, 3.8) is 0 Å². The second kappa shape index (κ2) is 5.76.